The molecule has 0 heterocycles. The van der Waals surface area contributed by atoms with Gasteiger partial charge in [-0.15, -0.1) is 0 Å². The fourth-order valence-electron chi connectivity index (χ4n) is 1.54. The summed E-state index contributed by atoms with van der Waals surface area (Å²) in [7, 11) is 0. The van der Waals surface area contributed by atoms with Crippen LogP contribution in [-0.2, 0) is 9.53 Å². The molecule has 108 valence electrons. The number of hydrogen-bond donors (Lipinski definition) is 2. The fourth-order valence-corrected chi connectivity index (χ4v) is 1.54. The van der Waals surface area contributed by atoms with Crippen molar-refractivity contribution in [2.75, 3.05) is 19.8 Å². The molecule has 0 radical (unpaired) electrons. The van der Waals surface area contributed by atoms with Crippen molar-refractivity contribution in [1.82, 2.24) is 5.32 Å². The van der Waals surface area contributed by atoms with Crippen molar-refractivity contribution in [3.05, 3.63) is 41.5 Å². The average molecular weight is 277 g/mol. The Labute approximate surface area is 118 Å². The highest BCUT2D eigenvalue weighted by Gasteiger charge is 2.03. The molecular formula is C15H19NO4. The standard InChI is InChI=1S/C15H19NO4/c1-2-20-11-3-10-16-15(19)13-7-4-12(5-8-13)6-9-14(17)18/h4-9H,2-3,10-11H2,1H3,(H,16,19)(H,17,18). The van der Waals surface area contributed by atoms with E-state index >= 15 is 0 Å². The molecule has 0 unspecified atom stereocenters. The van der Waals surface area contributed by atoms with Crippen LogP contribution in [0.3, 0.4) is 0 Å². The van der Waals surface area contributed by atoms with Crippen LogP contribution in [-0.4, -0.2) is 36.7 Å². The third kappa shape index (κ3) is 6.15. The van der Waals surface area contributed by atoms with Gasteiger partial charge in [-0.1, -0.05) is 12.1 Å². The highest BCUT2D eigenvalue weighted by atomic mass is 16.5. The van der Waals surface area contributed by atoms with Crippen molar-refractivity contribution in [1.29, 1.82) is 0 Å². The summed E-state index contributed by atoms with van der Waals surface area (Å²) in [5, 5.41) is 11.3. The first-order valence-electron chi connectivity index (χ1n) is 6.50. The molecule has 0 saturated carbocycles. The zero-order valence-corrected chi connectivity index (χ0v) is 11.5. The Balaban J connectivity index is 2.43. The van der Waals surface area contributed by atoms with Gasteiger partial charge in [0.05, 0.1) is 0 Å². The topological polar surface area (TPSA) is 75.6 Å². The number of benzene rings is 1. The predicted molar refractivity (Wildman–Crippen MR) is 76.6 cm³/mol. The number of carbonyl (C=O) groups excluding carboxylic acids is 1. The normalized spacial score (nSPS) is 10.7. The molecule has 1 aromatic rings. The van der Waals surface area contributed by atoms with Crippen molar-refractivity contribution in [3.63, 3.8) is 0 Å². The molecular weight excluding hydrogens is 258 g/mol. The van der Waals surface area contributed by atoms with E-state index in [1.54, 1.807) is 24.3 Å². The van der Waals surface area contributed by atoms with Gasteiger partial charge in [-0.3, -0.25) is 4.79 Å². The maximum Gasteiger partial charge on any atom is 0.328 e. The number of carboxylic acids is 1. The quantitative estimate of drug-likeness (QED) is 0.562. The van der Waals surface area contributed by atoms with E-state index < -0.39 is 5.97 Å². The number of aliphatic carboxylic acids is 1. The molecule has 0 aliphatic carbocycles. The largest absolute Gasteiger partial charge is 0.478 e. The Bertz CT molecular complexity index is 465. The monoisotopic (exact) mass is 277 g/mol. The maximum atomic E-state index is 11.8. The van der Waals surface area contributed by atoms with E-state index in [1.807, 2.05) is 6.92 Å². The summed E-state index contributed by atoms with van der Waals surface area (Å²) >= 11 is 0. The van der Waals surface area contributed by atoms with E-state index in [0.29, 0.717) is 25.3 Å². The highest BCUT2D eigenvalue weighted by Crippen LogP contribution is 2.06. The van der Waals surface area contributed by atoms with Crippen LogP contribution >= 0.6 is 0 Å². The summed E-state index contributed by atoms with van der Waals surface area (Å²) in [6, 6.07) is 6.74. The van der Waals surface area contributed by atoms with Crippen molar-refractivity contribution < 1.29 is 19.4 Å². The third-order valence-corrected chi connectivity index (χ3v) is 2.55. The van der Waals surface area contributed by atoms with Gasteiger partial charge in [-0.05, 0) is 37.1 Å². The summed E-state index contributed by atoms with van der Waals surface area (Å²) < 4.78 is 5.18. The van der Waals surface area contributed by atoms with E-state index in [-0.39, 0.29) is 5.91 Å². The summed E-state index contributed by atoms with van der Waals surface area (Å²) in [6.45, 7) is 3.81. The lowest BCUT2D eigenvalue weighted by atomic mass is 10.1. The molecule has 1 aromatic carbocycles. The summed E-state index contributed by atoms with van der Waals surface area (Å²) in [5.41, 5.74) is 1.29. The first kappa shape index (κ1) is 15.9. The van der Waals surface area contributed by atoms with E-state index in [4.69, 9.17) is 9.84 Å². The molecule has 20 heavy (non-hydrogen) atoms. The SMILES string of the molecule is CCOCCCNC(=O)c1ccc(C=CC(=O)O)cc1. The Morgan fingerprint density at radius 2 is 2.00 bits per heavy atom. The van der Waals surface area contributed by atoms with Crippen molar-refractivity contribution in [2.45, 2.75) is 13.3 Å². The third-order valence-electron chi connectivity index (χ3n) is 2.55. The summed E-state index contributed by atoms with van der Waals surface area (Å²) in [4.78, 5) is 22.2. The van der Waals surface area contributed by atoms with Crippen LogP contribution in [0.1, 0.15) is 29.3 Å². The maximum absolute atomic E-state index is 11.8. The minimum absolute atomic E-state index is 0.143. The minimum atomic E-state index is -0.999. The molecule has 5 nitrogen and oxygen atoms in total. The van der Waals surface area contributed by atoms with Crippen LogP contribution in [0.15, 0.2) is 30.3 Å². The molecule has 0 bridgehead atoms. The van der Waals surface area contributed by atoms with Crippen molar-refractivity contribution in [3.8, 4) is 0 Å². The van der Waals surface area contributed by atoms with Crippen LogP contribution in [0.4, 0.5) is 0 Å². The molecule has 0 aromatic heterocycles. The Kier molecular flexibility index (Phi) is 7.06. The molecule has 5 heteroatoms. The van der Waals surface area contributed by atoms with Gasteiger partial charge in [0, 0.05) is 31.4 Å². The van der Waals surface area contributed by atoms with Gasteiger partial charge in [-0.25, -0.2) is 4.79 Å². The van der Waals surface area contributed by atoms with E-state index in [9.17, 15) is 9.59 Å². The van der Waals surface area contributed by atoms with Gasteiger partial charge < -0.3 is 15.2 Å². The fraction of sp³-hybridized carbons (Fsp3) is 0.333. The Hall–Kier alpha value is -2.14. The minimum Gasteiger partial charge on any atom is -0.478 e. The van der Waals surface area contributed by atoms with Crippen LogP contribution in [0, 0.1) is 0 Å². The molecule has 0 atom stereocenters. The lowest BCUT2D eigenvalue weighted by molar-refractivity contribution is -0.131. The zero-order chi connectivity index (χ0) is 14.8. The average Bonchev–Trinajstić information content (AvgIpc) is 2.45. The molecule has 0 aliphatic heterocycles. The number of amides is 1. The highest BCUT2D eigenvalue weighted by molar-refractivity contribution is 5.94. The first-order chi connectivity index (χ1) is 9.63. The summed E-state index contributed by atoms with van der Waals surface area (Å²) in [5.74, 6) is -1.14. The van der Waals surface area contributed by atoms with E-state index in [0.717, 1.165) is 18.1 Å². The molecule has 1 amide bonds. The predicted octanol–water partition coefficient (Wildman–Crippen LogP) is 1.94. The second-order valence-electron chi connectivity index (χ2n) is 4.10. The number of hydrogen-bond acceptors (Lipinski definition) is 3. The van der Waals surface area contributed by atoms with Crippen molar-refractivity contribution >= 4 is 18.0 Å². The van der Waals surface area contributed by atoms with E-state index in [2.05, 4.69) is 5.32 Å². The molecule has 0 spiro atoms. The summed E-state index contributed by atoms with van der Waals surface area (Å²) in [6.07, 6.45) is 3.31. The van der Waals surface area contributed by atoms with E-state index in [1.165, 1.54) is 6.08 Å². The lowest BCUT2D eigenvalue weighted by Crippen LogP contribution is -2.25. The number of carbonyl (C=O) groups is 2. The van der Waals surface area contributed by atoms with Crippen molar-refractivity contribution in [2.24, 2.45) is 0 Å². The van der Waals surface area contributed by atoms with Gasteiger partial charge in [-0.2, -0.15) is 0 Å². The van der Waals surface area contributed by atoms with Gasteiger partial charge in [0.2, 0.25) is 0 Å². The Morgan fingerprint density at radius 3 is 2.60 bits per heavy atom. The lowest BCUT2D eigenvalue weighted by Gasteiger charge is -2.05. The van der Waals surface area contributed by atoms with Crippen LogP contribution < -0.4 is 5.32 Å². The number of carboxylic acid groups (broad SMARTS) is 1. The number of rotatable bonds is 8. The second kappa shape index (κ2) is 8.87. The Morgan fingerprint density at radius 1 is 1.30 bits per heavy atom. The van der Waals surface area contributed by atoms with Gasteiger partial charge in [0.1, 0.15) is 0 Å². The van der Waals surface area contributed by atoms with Crippen LogP contribution in [0.5, 0.6) is 0 Å². The number of ether oxygens (including phenoxy) is 1. The van der Waals surface area contributed by atoms with Crippen LogP contribution in [0.25, 0.3) is 6.08 Å². The molecule has 0 saturated heterocycles. The number of nitrogens with one attached hydrogen (secondary N) is 1. The first-order valence-corrected chi connectivity index (χ1v) is 6.50. The zero-order valence-electron chi connectivity index (χ0n) is 11.5. The van der Waals surface area contributed by atoms with Gasteiger partial charge in [0.15, 0.2) is 0 Å². The molecule has 1 rings (SSSR count). The smallest absolute Gasteiger partial charge is 0.328 e. The van der Waals surface area contributed by atoms with Gasteiger partial charge >= 0.3 is 5.97 Å². The van der Waals surface area contributed by atoms with Crippen LogP contribution in [0.2, 0.25) is 0 Å². The molecule has 0 fully saturated rings. The van der Waals surface area contributed by atoms with Gasteiger partial charge in [0.25, 0.3) is 5.91 Å². The molecule has 2 N–H and O–H groups in total. The second-order valence-corrected chi connectivity index (χ2v) is 4.10. The molecule has 0 aliphatic rings.